The first-order valence-electron chi connectivity index (χ1n) is 5.70. The standard InChI is InChI=1S/C14H16O3/c1-14(2,16)8-7-11-9-10-5-3-4-6-12(10)13(15)17-11/h3-6,9,16H,7-8H2,1-2H3. The highest BCUT2D eigenvalue weighted by Crippen LogP contribution is 2.16. The average molecular weight is 232 g/mol. The molecule has 0 aliphatic carbocycles. The van der Waals surface area contributed by atoms with Crippen LogP contribution in [0.4, 0.5) is 0 Å². The normalized spacial score (nSPS) is 11.9. The van der Waals surface area contributed by atoms with Gasteiger partial charge >= 0.3 is 5.63 Å². The first-order valence-corrected chi connectivity index (χ1v) is 5.70. The third-order valence-electron chi connectivity index (χ3n) is 2.70. The summed E-state index contributed by atoms with van der Waals surface area (Å²) >= 11 is 0. The zero-order chi connectivity index (χ0) is 12.5. The zero-order valence-electron chi connectivity index (χ0n) is 10.1. The van der Waals surface area contributed by atoms with Crippen molar-refractivity contribution in [3.05, 3.63) is 46.5 Å². The summed E-state index contributed by atoms with van der Waals surface area (Å²) in [5.74, 6) is 0.621. The zero-order valence-corrected chi connectivity index (χ0v) is 10.1. The summed E-state index contributed by atoms with van der Waals surface area (Å²) in [5, 5.41) is 11.1. The summed E-state index contributed by atoms with van der Waals surface area (Å²) in [6, 6.07) is 9.21. The van der Waals surface area contributed by atoms with Gasteiger partial charge in [0.05, 0.1) is 11.0 Å². The predicted octanol–water partition coefficient (Wildman–Crippen LogP) is 2.50. The molecule has 17 heavy (non-hydrogen) atoms. The molecule has 1 N–H and O–H groups in total. The van der Waals surface area contributed by atoms with E-state index in [4.69, 9.17) is 4.42 Å². The summed E-state index contributed by atoms with van der Waals surface area (Å²) < 4.78 is 5.22. The van der Waals surface area contributed by atoms with E-state index in [0.717, 1.165) is 5.39 Å². The molecule has 3 heteroatoms. The second-order valence-corrected chi connectivity index (χ2v) is 4.90. The highest BCUT2D eigenvalue weighted by atomic mass is 16.4. The van der Waals surface area contributed by atoms with Crippen molar-refractivity contribution in [1.29, 1.82) is 0 Å². The van der Waals surface area contributed by atoms with Gasteiger partial charge in [0.1, 0.15) is 5.76 Å². The fraction of sp³-hybridized carbons (Fsp3) is 0.357. The van der Waals surface area contributed by atoms with Gasteiger partial charge in [-0.2, -0.15) is 0 Å². The molecule has 0 saturated heterocycles. The molecule has 0 bridgehead atoms. The van der Waals surface area contributed by atoms with E-state index in [1.807, 2.05) is 24.3 Å². The lowest BCUT2D eigenvalue weighted by atomic mass is 10.0. The van der Waals surface area contributed by atoms with Crippen molar-refractivity contribution >= 4 is 10.8 Å². The van der Waals surface area contributed by atoms with Gasteiger partial charge in [-0.25, -0.2) is 4.79 Å². The van der Waals surface area contributed by atoms with Crippen molar-refractivity contribution in [2.45, 2.75) is 32.3 Å². The molecule has 0 aliphatic heterocycles. The predicted molar refractivity (Wildman–Crippen MR) is 67.1 cm³/mol. The van der Waals surface area contributed by atoms with Gasteiger partial charge in [0.25, 0.3) is 0 Å². The van der Waals surface area contributed by atoms with Crippen LogP contribution in [-0.4, -0.2) is 10.7 Å². The molecule has 0 amide bonds. The fourth-order valence-corrected chi connectivity index (χ4v) is 1.74. The van der Waals surface area contributed by atoms with E-state index >= 15 is 0 Å². The van der Waals surface area contributed by atoms with Gasteiger partial charge in [-0.1, -0.05) is 18.2 Å². The molecule has 3 nitrogen and oxygen atoms in total. The smallest absolute Gasteiger partial charge is 0.343 e. The van der Waals surface area contributed by atoms with Crippen LogP contribution in [0.2, 0.25) is 0 Å². The van der Waals surface area contributed by atoms with Crippen LogP contribution >= 0.6 is 0 Å². The van der Waals surface area contributed by atoms with Crippen LogP contribution in [0.25, 0.3) is 10.8 Å². The van der Waals surface area contributed by atoms with Crippen molar-refractivity contribution in [3.8, 4) is 0 Å². The van der Waals surface area contributed by atoms with Gasteiger partial charge in [-0.05, 0) is 37.8 Å². The lowest BCUT2D eigenvalue weighted by molar-refractivity contribution is 0.0696. The largest absolute Gasteiger partial charge is 0.427 e. The minimum absolute atomic E-state index is 0.311. The Bertz CT molecular complexity index is 576. The van der Waals surface area contributed by atoms with Crippen LogP contribution < -0.4 is 5.63 Å². The number of rotatable bonds is 3. The molecule has 0 fully saturated rings. The molecule has 0 saturated carbocycles. The third kappa shape index (κ3) is 2.94. The van der Waals surface area contributed by atoms with Crippen LogP contribution in [0.5, 0.6) is 0 Å². The molecule has 2 rings (SSSR count). The Kier molecular flexibility index (Phi) is 3.03. The maximum Gasteiger partial charge on any atom is 0.343 e. The van der Waals surface area contributed by atoms with Crippen LogP contribution in [-0.2, 0) is 6.42 Å². The molecule has 0 aliphatic rings. The molecule has 0 unspecified atom stereocenters. The molecule has 0 atom stereocenters. The summed E-state index contributed by atoms with van der Waals surface area (Å²) in [7, 11) is 0. The minimum Gasteiger partial charge on any atom is -0.427 e. The monoisotopic (exact) mass is 232 g/mol. The van der Waals surface area contributed by atoms with E-state index < -0.39 is 5.60 Å². The minimum atomic E-state index is -0.746. The number of benzene rings is 1. The summed E-state index contributed by atoms with van der Waals surface area (Å²) in [5.41, 5.74) is -1.06. The van der Waals surface area contributed by atoms with Crippen molar-refractivity contribution in [2.75, 3.05) is 0 Å². The molecule has 90 valence electrons. The lowest BCUT2D eigenvalue weighted by Gasteiger charge is -2.15. The maximum atomic E-state index is 11.7. The topological polar surface area (TPSA) is 50.4 Å². The Morgan fingerprint density at radius 3 is 2.71 bits per heavy atom. The van der Waals surface area contributed by atoms with E-state index in [1.165, 1.54) is 0 Å². The van der Waals surface area contributed by atoms with Gasteiger partial charge in [-0.3, -0.25) is 0 Å². The van der Waals surface area contributed by atoms with E-state index in [1.54, 1.807) is 19.9 Å². The van der Waals surface area contributed by atoms with Gasteiger partial charge in [0.15, 0.2) is 0 Å². The second-order valence-electron chi connectivity index (χ2n) is 4.90. The van der Waals surface area contributed by atoms with Crippen molar-refractivity contribution in [1.82, 2.24) is 0 Å². The molecule has 2 aromatic rings. The van der Waals surface area contributed by atoms with Crippen LogP contribution in [0.1, 0.15) is 26.0 Å². The highest BCUT2D eigenvalue weighted by Gasteiger charge is 2.13. The van der Waals surface area contributed by atoms with Gasteiger partial charge in [0, 0.05) is 6.42 Å². The second kappa shape index (κ2) is 4.34. The Morgan fingerprint density at radius 1 is 1.29 bits per heavy atom. The molecule has 1 heterocycles. The molecule has 0 spiro atoms. The van der Waals surface area contributed by atoms with Crippen molar-refractivity contribution < 1.29 is 9.52 Å². The van der Waals surface area contributed by atoms with Crippen LogP contribution in [0.15, 0.2) is 39.5 Å². The molecule has 1 aromatic carbocycles. The molecular weight excluding hydrogens is 216 g/mol. The number of hydrogen-bond acceptors (Lipinski definition) is 3. The molecule has 1 aromatic heterocycles. The first-order chi connectivity index (χ1) is 7.96. The summed E-state index contributed by atoms with van der Waals surface area (Å²) in [6.07, 6.45) is 1.12. The van der Waals surface area contributed by atoms with E-state index in [-0.39, 0.29) is 5.63 Å². The number of aliphatic hydroxyl groups is 1. The average Bonchev–Trinajstić information content (AvgIpc) is 2.26. The highest BCUT2D eigenvalue weighted by molar-refractivity contribution is 5.81. The van der Waals surface area contributed by atoms with Crippen molar-refractivity contribution in [2.24, 2.45) is 0 Å². The van der Waals surface area contributed by atoms with Gasteiger partial charge in [0.2, 0.25) is 0 Å². The number of fused-ring (bicyclic) bond motifs is 1. The van der Waals surface area contributed by atoms with Gasteiger partial charge in [-0.15, -0.1) is 0 Å². The third-order valence-corrected chi connectivity index (χ3v) is 2.70. The lowest BCUT2D eigenvalue weighted by Crippen LogP contribution is -2.19. The Morgan fingerprint density at radius 2 is 2.00 bits per heavy atom. The summed E-state index contributed by atoms with van der Waals surface area (Å²) in [6.45, 7) is 3.48. The quantitative estimate of drug-likeness (QED) is 0.884. The molecule has 0 radical (unpaired) electrons. The number of aryl methyl sites for hydroxylation is 1. The molecular formula is C14H16O3. The maximum absolute atomic E-state index is 11.7. The number of hydrogen-bond donors (Lipinski definition) is 1. The SMILES string of the molecule is CC(C)(O)CCc1cc2ccccc2c(=O)o1. The van der Waals surface area contributed by atoms with E-state index in [0.29, 0.717) is 24.0 Å². The van der Waals surface area contributed by atoms with Crippen LogP contribution in [0, 0.1) is 0 Å². The Labute approximate surface area is 99.7 Å². The van der Waals surface area contributed by atoms with E-state index in [9.17, 15) is 9.90 Å². The van der Waals surface area contributed by atoms with Crippen LogP contribution in [0.3, 0.4) is 0 Å². The first kappa shape index (κ1) is 11.9. The Balaban J connectivity index is 2.34. The fourth-order valence-electron chi connectivity index (χ4n) is 1.74. The Hall–Kier alpha value is -1.61. The summed E-state index contributed by atoms with van der Waals surface area (Å²) in [4.78, 5) is 11.7. The van der Waals surface area contributed by atoms with E-state index in [2.05, 4.69) is 0 Å². The van der Waals surface area contributed by atoms with Crippen molar-refractivity contribution in [3.63, 3.8) is 0 Å². The van der Waals surface area contributed by atoms with Gasteiger partial charge < -0.3 is 9.52 Å².